The van der Waals surface area contributed by atoms with Crippen LogP contribution in [-0.2, 0) is 0 Å². The summed E-state index contributed by atoms with van der Waals surface area (Å²) in [6.07, 6.45) is 2.81. The van der Waals surface area contributed by atoms with Crippen LogP contribution in [0.3, 0.4) is 0 Å². The smallest absolute Gasteiger partial charge is 0.373 e. The number of halogens is 2. The minimum Gasteiger partial charge on any atom is -0.431 e. The predicted molar refractivity (Wildman–Crippen MR) is 118 cm³/mol. The van der Waals surface area contributed by atoms with Crippen LogP contribution in [0.5, 0.6) is 11.6 Å². The summed E-state index contributed by atoms with van der Waals surface area (Å²) in [4.78, 5) is 23.6. The Morgan fingerprint density at radius 2 is 1.97 bits per heavy atom. The molecular weight excluding hydrogens is 474 g/mol. The van der Waals surface area contributed by atoms with Crippen molar-refractivity contribution in [2.75, 3.05) is 5.32 Å². The molecule has 0 atom stereocenters. The number of hydrogen-bond acceptors (Lipinski definition) is 7. The maximum absolute atomic E-state index is 11.8. The van der Waals surface area contributed by atoms with Crippen LogP contribution in [0.4, 0.5) is 17.2 Å². The van der Waals surface area contributed by atoms with Crippen LogP contribution in [0.2, 0.25) is 5.02 Å². The van der Waals surface area contributed by atoms with Crippen LogP contribution in [-0.4, -0.2) is 19.9 Å². The van der Waals surface area contributed by atoms with Crippen molar-refractivity contribution in [1.82, 2.24) is 15.0 Å². The summed E-state index contributed by atoms with van der Waals surface area (Å²) in [6.45, 7) is 1.80. The van der Waals surface area contributed by atoms with E-state index in [-0.39, 0.29) is 11.7 Å². The molecule has 8 nitrogen and oxygen atoms in total. The molecule has 0 aliphatic rings. The minimum atomic E-state index is -0.591. The van der Waals surface area contributed by atoms with Crippen LogP contribution < -0.4 is 10.1 Å². The van der Waals surface area contributed by atoms with Crippen molar-refractivity contribution in [2.45, 2.75) is 6.92 Å². The van der Waals surface area contributed by atoms with Gasteiger partial charge in [0, 0.05) is 26.8 Å². The van der Waals surface area contributed by atoms with Crippen LogP contribution in [0, 0.1) is 17.0 Å². The maximum atomic E-state index is 11.8. The van der Waals surface area contributed by atoms with Crippen molar-refractivity contribution < 1.29 is 9.66 Å². The summed E-state index contributed by atoms with van der Waals surface area (Å²) in [5, 5.41) is 16.1. The van der Waals surface area contributed by atoms with Crippen molar-refractivity contribution in [1.29, 1.82) is 0 Å². The molecule has 1 N–H and O–H groups in total. The Kier molecular flexibility index (Phi) is 5.47. The normalized spacial score (nSPS) is 10.8. The highest BCUT2D eigenvalue weighted by atomic mass is 79.9. The van der Waals surface area contributed by atoms with Crippen LogP contribution in [0.1, 0.15) is 5.56 Å². The molecule has 0 saturated carbocycles. The first kappa shape index (κ1) is 20.0. The van der Waals surface area contributed by atoms with Crippen molar-refractivity contribution in [2.24, 2.45) is 0 Å². The van der Waals surface area contributed by atoms with E-state index in [0.29, 0.717) is 22.0 Å². The highest BCUT2D eigenvalue weighted by molar-refractivity contribution is 9.10. The topological polar surface area (TPSA) is 103 Å². The molecule has 0 unspecified atom stereocenters. The highest BCUT2D eigenvalue weighted by Gasteiger charge is 2.26. The minimum absolute atomic E-state index is 0.00950. The largest absolute Gasteiger partial charge is 0.431 e. The SMILES string of the molecule is Cc1c(Cl)cccc1Nc1ncnc(Oc2ccc(Br)c3cccnc23)c1[N+](=O)[O-]. The van der Waals surface area contributed by atoms with Gasteiger partial charge in [-0.3, -0.25) is 15.1 Å². The second-order valence-corrected chi connectivity index (χ2v) is 7.48. The van der Waals surface area contributed by atoms with Gasteiger partial charge in [0.1, 0.15) is 11.8 Å². The van der Waals surface area contributed by atoms with Gasteiger partial charge >= 0.3 is 11.6 Å². The maximum Gasteiger partial charge on any atom is 0.373 e. The number of fused-ring (bicyclic) bond motifs is 1. The average molecular weight is 487 g/mol. The second-order valence-electron chi connectivity index (χ2n) is 6.22. The first-order valence-electron chi connectivity index (χ1n) is 8.68. The first-order valence-corrected chi connectivity index (χ1v) is 9.85. The summed E-state index contributed by atoms with van der Waals surface area (Å²) in [7, 11) is 0. The van der Waals surface area contributed by atoms with Crippen LogP contribution >= 0.6 is 27.5 Å². The van der Waals surface area contributed by atoms with E-state index in [1.807, 2.05) is 6.07 Å². The quantitative estimate of drug-likeness (QED) is 0.265. The van der Waals surface area contributed by atoms with Gasteiger partial charge in [-0.25, -0.2) is 4.98 Å². The van der Waals surface area contributed by atoms with Crippen molar-refractivity contribution in [3.8, 4) is 11.6 Å². The molecule has 30 heavy (non-hydrogen) atoms. The fourth-order valence-electron chi connectivity index (χ4n) is 2.86. The Morgan fingerprint density at radius 1 is 1.13 bits per heavy atom. The fourth-order valence-corrected chi connectivity index (χ4v) is 3.49. The lowest BCUT2D eigenvalue weighted by Gasteiger charge is -2.12. The lowest BCUT2D eigenvalue weighted by molar-refractivity contribution is -0.385. The number of pyridine rings is 1. The van der Waals surface area contributed by atoms with E-state index in [4.69, 9.17) is 16.3 Å². The molecule has 4 rings (SSSR count). The van der Waals surface area contributed by atoms with E-state index in [1.54, 1.807) is 49.5 Å². The zero-order chi connectivity index (χ0) is 21.3. The molecule has 0 spiro atoms. The van der Waals surface area contributed by atoms with E-state index >= 15 is 0 Å². The van der Waals surface area contributed by atoms with Gasteiger partial charge < -0.3 is 10.1 Å². The lowest BCUT2D eigenvalue weighted by atomic mass is 10.2. The molecule has 0 aliphatic carbocycles. The van der Waals surface area contributed by atoms with Crippen molar-refractivity contribution in [3.63, 3.8) is 0 Å². The Bertz CT molecular complexity index is 1280. The Hall–Kier alpha value is -3.30. The number of anilines is 2. The van der Waals surface area contributed by atoms with Crippen LogP contribution in [0.15, 0.2) is 59.5 Å². The zero-order valence-electron chi connectivity index (χ0n) is 15.5. The summed E-state index contributed by atoms with van der Waals surface area (Å²) < 4.78 is 6.66. The molecule has 0 bridgehead atoms. The molecule has 2 aromatic carbocycles. The Labute approximate surface area is 184 Å². The predicted octanol–water partition coefficient (Wildman–Crippen LogP) is 6.19. The van der Waals surface area contributed by atoms with Gasteiger partial charge in [-0.15, -0.1) is 0 Å². The van der Waals surface area contributed by atoms with Crippen molar-refractivity contribution in [3.05, 3.63) is 80.2 Å². The van der Waals surface area contributed by atoms with Gasteiger partial charge in [0.2, 0.25) is 5.82 Å². The average Bonchev–Trinajstić information content (AvgIpc) is 2.73. The molecule has 10 heteroatoms. The number of hydrogen-bond donors (Lipinski definition) is 1. The zero-order valence-corrected chi connectivity index (χ0v) is 17.8. The summed E-state index contributed by atoms with van der Waals surface area (Å²) in [6, 6.07) is 12.3. The van der Waals surface area contributed by atoms with E-state index in [9.17, 15) is 10.1 Å². The van der Waals surface area contributed by atoms with Gasteiger partial charge in [0.15, 0.2) is 5.75 Å². The molecular formula is C20H13BrClN5O3. The summed E-state index contributed by atoms with van der Waals surface area (Å²) in [5.74, 6) is 0.122. The van der Waals surface area contributed by atoms with E-state index in [1.165, 1.54) is 6.33 Å². The Balaban J connectivity index is 1.79. The molecule has 0 saturated heterocycles. The number of nitro groups is 1. The second kappa shape index (κ2) is 8.21. The van der Waals surface area contributed by atoms with E-state index in [2.05, 4.69) is 36.2 Å². The molecule has 0 amide bonds. The monoisotopic (exact) mass is 485 g/mol. The molecule has 4 aromatic rings. The van der Waals surface area contributed by atoms with Gasteiger partial charge in [-0.05, 0) is 42.8 Å². The number of aromatic nitrogens is 3. The third-order valence-electron chi connectivity index (χ3n) is 4.38. The van der Waals surface area contributed by atoms with Crippen molar-refractivity contribution >= 4 is 55.6 Å². The number of ether oxygens (including phenoxy) is 1. The third kappa shape index (κ3) is 3.77. The van der Waals surface area contributed by atoms with Crippen LogP contribution in [0.25, 0.3) is 10.9 Å². The van der Waals surface area contributed by atoms with E-state index in [0.717, 1.165) is 15.4 Å². The fraction of sp³-hybridized carbons (Fsp3) is 0.0500. The van der Waals surface area contributed by atoms with Gasteiger partial charge in [0.05, 0.1) is 4.92 Å². The van der Waals surface area contributed by atoms with Gasteiger partial charge in [-0.2, -0.15) is 4.98 Å². The number of benzene rings is 2. The first-order chi connectivity index (χ1) is 14.5. The lowest BCUT2D eigenvalue weighted by Crippen LogP contribution is -2.04. The number of nitrogens with one attached hydrogen (secondary N) is 1. The molecule has 2 aromatic heterocycles. The standard InChI is InChI=1S/C20H13BrClN5O3/c1-11-14(22)5-2-6-15(11)26-19-18(27(28)29)20(25-10-24-19)30-16-8-7-13(21)12-4-3-9-23-17(12)16/h2-10H,1H3,(H,24,25,26). The third-order valence-corrected chi connectivity index (χ3v) is 5.48. The molecule has 0 fully saturated rings. The van der Waals surface area contributed by atoms with Gasteiger partial charge in [-0.1, -0.05) is 39.7 Å². The molecule has 150 valence electrons. The Morgan fingerprint density at radius 3 is 2.77 bits per heavy atom. The summed E-state index contributed by atoms with van der Waals surface area (Å²) >= 11 is 9.61. The summed E-state index contributed by atoms with van der Waals surface area (Å²) in [5.41, 5.74) is 1.47. The number of nitrogens with zero attached hydrogens (tertiary/aromatic N) is 4. The highest BCUT2D eigenvalue weighted by Crippen LogP contribution is 2.39. The van der Waals surface area contributed by atoms with Gasteiger partial charge in [0.25, 0.3) is 0 Å². The number of rotatable bonds is 5. The molecule has 0 aliphatic heterocycles. The molecule has 0 radical (unpaired) electrons. The van der Waals surface area contributed by atoms with E-state index < -0.39 is 10.6 Å². The molecule has 2 heterocycles.